The lowest BCUT2D eigenvalue weighted by molar-refractivity contribution is 0.0296. The van der Waals surface area contributed by atoms with Crippen LogP contribution in [-0.2, 0) is 0 Å². The molecule has 4 atom stereocenters. The Kier molecular flexibility index (Phi) is 8.51. The molecule has 0 spiro atoms. The molecule has 19 heavy (non-hydrogen) atoms. The number of hydrogen-bond donors (Lipinski definition) is 1. The second-order valence-corrected chi connectivity index (χ2v) is 8.32. The van der Waals surface area contributed by atoms with Crippen LogP contribution in [0.4, 0.5) is 0 Å². The molecule has 0 aromatic carbocycles. The van der Waals surface area contributed by atoms with E-state index in [1.54, 1.807) is 0 Å². The highest BCUT2D eigenvalue weighted by Crippen LogP contribution is 2.47. The van der Waals surface area contributed by atoms with E-state index in [2.05, 4.69) is 71.1 Å². The molecule has 0 amide bonds. The summed E-state index contributed by atoms with van der Waals surface area (Å²) in [5.41, 5.74) is 6.93. The Morgan fingerprint density at radius 1 is 1.11 bits per heavy atom. The van der Waals surface area contributed by atoms with Crippen LogP contribution in [0.1, 0.15) is 74.1 Å². The van der Waals surface area contributed by atoms with E-state index in [1.807, 2.05) is 0 Å². The SMILES string of the molecule is CC[C@@H](C)[C@@H](C)C(C)(C)C(CCCI)C(C)(N)CC. The quantitative estimate of drug-likeness (QED) is 0.405. The summed E-state index contributed by atoms with van der Waals surface area (Å²) in [5.74, 6) is 2.08. The van der Waals surface area contributed by atoms with Crippen molar-refractivity contribution in [2.24, 2.45) is 28.9 Å². The standard InChI is InChI=1S/C17H36IN/c1-8-13(3)14(4)16(5,6)15(11-10-12-18)17(7,19)9-2/h13-15H,8-12,19H2,1-7H3/t13-,14-,15?,17?/m1/s1. The Bertz CT molecular complexity index is 248. The number of nitrogens with two attached hydrogens (primary N) is 1. The van der Waals surface area contributed by atoms with E-state index in [0.29, 0.717) is 17.3 Å². The maximum Gasteiger partial charge on any atom is 0.0156 e. The summed E-state index contributed by atoms with van der Waals surface area (Å²) in [6, 6.07) is 0. The van der Waals surface area contributed by atoms with Gasteiger partial charge < -0.3 is 5.73 Å². The molecule has 0 saturated carbocycles. The maximum absolute atomic E-state index is 6.66. The van der Waals surface area contributed by atoms with Crippen LogP contribution in [0.25, 0.3) is 0 Å². The van der Waals surface area contributed by atoms with Crippen LogP contribution in [0.2, 0.25) is 0 Å². The van der Waals surface area contributed by atoms with Crippen molar-refractivity contribution in [3.05, 3.63) is 0 Å². The minimum atomic E-state index is -0.0446. The molecule has 0 aliphatic heterocycles. The molecule has 0 bridgehead atoms. The zero-order chi connectivity index (χ0) is 15.3. The van der Waals surface area contributed by atoms with E-state index in [9.17, 15) is 0 Å². The zero-order valence-corrected chi connectivity index (χ0v) is 16.4. The minimum Gasteiger partial charge on any atom is -0.325 e. The van der Waals surface area contributed by atoms with Crippen LogP contribution in [0.3, 0.4) is 0 Å². The summed E-state index contributed by atoms with van der Waals surface area (Å²) in [5, 5.41) is 0. The lowest BCUT2D eigenvalue weighted by Crippen LogP contribution is -2.52. The molecule has 116 valence electrons. The average molecular weight is 381 g/mol. The van der Waals surface area contributed by atoms with Gasteiger partial charge in [0.15, 0.2) is 0 Å². The van der Waals surface area contributed by atoms with Crippen molar-refractivity contribution in [1.82, 2.24) is 0 Å². The lowest BCUT2D eigenvalue weighted by Gasteiger charge is -2.49. The molecule has 0 aliphatic rings. The predicted octanol–water partition coefficient (Wildman–Crippen LogP) is 5.65. The topological polar surface area (TPSA) is 26.0 Å². The third kappa shape index (κ3) is 5.18. The first-order chi connectivity index (χ1) is 8.65. The van der Waals surface area contributed by atoms with Gasteiger partial charge in [-0.25, -0.2) is 0 Å². The summed E-state index contributed by atoms with van der Waals surface area (Å²) in [7, 11) is 0. The molecule has 2 unspecified atom stereocenters. The third-order valence-corrected chi connectivity index (χ3v) is 6.52. The number of hydrogen-bond acceptors (Lipinski definition) is 1. The van der Waals surface area contributed by atoms with Gasteiger partial charge in [0.05, 0.1) is 0 Å². The second-order valence-electron chi connectivity index (χ2n) is 7.24. The molecule has 2 heteroatoms. The number of rotatable bonds is 9. The van der Waals surface area contributed by atoms with E-state index >= 15 is 0 Å². The summed E-state index contributed by atoms with van der Waals surface area (Å²) in [6.45, 7) is 16.5. The summed E-state index contributed by atoms with van der Waals surface area (Å²) in [6.07, 6.45) is 4.87. The molecule has 0 rings (SSSR count). The molecule has 0 fully saturated rings. The van der Waals surface area contributed by atoms with Gasteiger partial charge in [-0.05, 0) is 53.8 Å². The van der Waals surface area contributed by atoms with E-state index in [-0.39, 0.29) is 5.54 Å². The first-order valence-corrected chi connectivity index (χ1v) is 9.52. The van der Waals surface area contributed by atoms with Crippen LogP contribution in [0.15, 0.2) is 0 Å². The molecule has 0 aliphatic carbocycles. The van der Waals surface area contributed by atoms with Crippen LogP contribution < -0.4 is 5.73 Å². The smallest absolute Gasteiger partial charge is 0.0156 e. The highest BCUT2D eigenvalue weighted by Gasteiger charge is 2.43. The Balaban J connectivity index is 5.21. The van der Waals surface area contributed by atoms with E-state index in [1.165, 1.54) is 23.7 Å². The summed E-state index contributed by atoms with van der Waals surface area (Å²) >= 11 is 2.49. The lowest BCUT2D eigenvalue weighted by atomic mass is 9.58. The van der Waals surface area contributed by atoms with Crippen LogP contribution in [0.5, 0.6) is 0 Å². The molecule has 2 N–H and O–H groups in total. The van der Waals surface area contributed by atoms with Crippen molar-refractivity contribution in [3.8, 4) is 0 Å². The fourth-order valence-corrected chi connectivity index (χ4v) is 3.92. The monoisotopic (exact) mass is 381 g/mol. The first-order valence-electron chi connectivity index (χ1n) is 7.99. The van der Waals surface area contributed by atoms with Gasteiger partial charge in [-0.1, -0.05) is 70.6 Å². The third-order valence-electron chi connectivity index (χ3n) is 5.75. The van der Waals surface area contributed by atoms with Gasteiger partial charge in [-0.15, -0.1) is 0 Å². The van der Waals surface area contributed by atoms with Crippen molar-refractivity contribution in [2.75, 3.05) is 4.43 Å². The highest BCUT2D eigenvalue weighted by atomic mass is 127. The van der Waals surface area contributed by atoms with Gasteiger partial charge in [0.25, 0.3) is 0 Å². The van der Waals surface area contributed by atoms with E-state index in [4.69, 9.17) is 5.73 Å². The molecular weight excluding hydrogens is 345 g/mol. The second kappa shape index (κ2) is 8.21. The molecule has 0 saturated heterocycles. The Hall–Kier alpha value is 0.690. The first kappa shape index (κ1) is 19.7. The summed E-state index contributed by atoms with van der Waals surface area (Å²) < 4.78 is 1.24. The van der Waals surface area contributed by atoms with E-state index in [0.717, 1.165) is 12.3 Å². The van der Waals surface area contributed by atoms with Crippen molar-refractivity contribution in [2.45, 2.75) is 79.7 Å². The largest absolute Gasteiger partial charge is 0.325 e. The zero-order valence-electron chi connectivity index (χ0n) is 14.2. The maximum atomic E-state index is 6.66. The Labute approximate surface area is 135 Å². The Morgan fingerprint density at radius 3 is 2.00 bits per heavy atom. The van der Waals surface area contributed by atoms with Crippen molar-refractivity contribution in [3.63, 3.8) is 0 Å². The number of alkyl halides is 1. The number of halogens is 1. The molecule has 0 heterocycles. The minimum absolute atomic E-state index is 0.0446. The van der Waals surface area contributed by atoms with Gasteiger partial charge in [0.2, 0.25) is 0 Å². The van der Waals surface area contributed by atoms with Gasteiger partial charge in [-0.3, -0.25) is 0 Å². The van der Waals surface area contributed by atoms with E-state index < -0.39 is 0 Å². The predicted molar refractivity (Wildman–Crippen MR) is 96.9 cm³/mol. The normalized spacial score (nSPS) is 20.7. The molecular formula is C17H36IN. The van der Waals surface area contributed by atoms with Gasteiger partial charge in [-0.2, -0.15) is 0 Å². The summed E-state index contributed by atoms with van der Waals surface area (Å²) in [4.78, 5) is 0. The van der Waals surface area contributed by atoms with Crippen molar-refractivity contribution in [1.29, 1.82) is 0 Å². The van der Waals surface area contributed by atoms with Gasteiger partial charge >= 0.3 is 0 Å². The molecule has 0 aromatic rings. The molecule has 1 nitrogen and oxygen atoms in total. The van der Waals surface area contributed by atoms with Crippen LogP contribution in [-0.4, -0.2) is 9.97 Å². The van der Waals surface area contributed by atoms with Gasteiger partial charge in [0, 0.05) is 5.54 Å². The Morgan fingerprint density at radius 2 is 1.63 bits per heavy atom. The van der Waals surface area contributed by atoms with Crippen LogP contribution >= 0.6 is 22.6 Å². The molecule has 0 aromatic heterocycles. The van der Waals surface area contributed by atoms with Gasteiger partial charge in [0.1, 0.15) is 0 Å². The molecule has 0 radical (unpaired) electrons. The average Bonchev–Trinajstić information content (AvgIpc) is 2.36. The van der Waals surface area contributed by atoms with Crippen LogP contribution in [0, 0.1) is 23.2 Å². The van der Waals surface area contributed by atoms with Crippen molar-refractivity contribution >= 4 is 22.6 Å². The highest BCUT2D eigenvalue weighted by molar-refractivity contribution is 14.1. The van der Waals surface area contributed by atoms with Crippen molar-refractivity contribution < 1.29 is 0 Å². The fourth-order valence-electron chi connectivity index (χ4n) is 3.48. The fraction of sp³-hybridized carbons (Fsp3) is 1.00.